The second-order valence-electron chi connectivity index (χ2n) is 5.13. The summed E-state index contributed by atoms with van der Waals surface area (Å²) in [4.78, 5) is 11.9. The summed E-state index contributed by atoms with van der Waals surface area (Å²) in [7, 11) is 0. The van der Waals surface area contributed by atoms with Gasteiger partial charge in [-0.05, 0) is 24.5 Å². The van der Waals surface area contributed by atoms with Crippen LogP contribution in [0.5, 0.6) is 0 Å². The average molecular weight is 298 g/mol. The summed E-state index contributed by atoms with van der Waals surface area (Å²) in [5, 5.41) is 5.41. The topological polar surface area (TPSA) is 41.1 Å². The highest BCUT2D eigenvalue weighted by Crippen LogP contribution is 2.21. The van der Waals surface area contributed by atoms with Gasteiger partial charge in [0.25, 0.3) is 5.91 Å². The molecule has 0 saturated carbocycles. The highest BCUT2D eigenvalue weighted by Gasteiger charge is 2.15. The summed E-state index contributed by atoms with van der Waals surface area (Å²) in [5.74, 6) is -1.54. The van der Waals surface area contributed by atoms with Crippen molar-refractivity contribution in [1.29, 1.82) is 0 Å². The Bertz CT molecular complexity index is 450. The molecule has 0 bridgehead atoms. The standard InChI is InChI=1S/C16H24F2N2O/c1-4-7-19-15-13(17)8-12(9-14(15)18)16(21)20-10-11(5-2)6-3/h8-9,11,19H,4-7,10H2,1-3H3,(H,20,21). The first-order valence-corrected chi connectivity index (χ1v) is 7.54. The predicted molar refractivity (Wildman–Crippen MR) is 81.5 cm³/mol. The Morgan fingerprint density at radius 2 is 1.71 bits per heavy atom. The second kappa shape index (κ2) is 8.60. The van der Waals surface area contributed by atoms with Crippen molar-refractivity contribution in [2.45, 2.75) is 40.0 Å². The summed E-state index contributed by atoms with van der Waals surface area (Å²) >= 11 is 0. The van der Waals surface area contributed by atoms with Crippen LogP contribution in [0.4, 0.5) is 14.5 Å². The van der Waals surface area contributed by atoms with E-state index < -0.39 is 17.5 Å². The predicted octanol–water partition coefficient (Wildman–Crippen LogP) is 3.95. The fourth-order valence-corrected chi connectivity index (χ4v) is 2.04. The van der Waals surface area contributed by atoms with Gasteiger partial charge in [0.05, 0.1) is 0 Å². The first-order chi connectivity index (χ1) is 10.0. The van der Waals surface area contributed by atoms with E-state index in [-0.39, 0.29) is 11.3 Å². The van der Waals surface area contributed by atoms with Gasteiger partial charge in [-0.15, -0.1) is 0 Å². The highest BCUT2D eigenvalue weighted by atomic mass is 19.1. The third kappa shape index (κ3) is 4.99. The largest absolute Gasteiger partial charge is 0.380 e. The molecule has 1 rings (SSSR count). The zero-order chi connectivity index (χ0) is 15.8. The van der Waals surface area contributed by atoms with Gasteiger partial charge in [-0.2, -0.15) is 0 Å². The van der Waals surface area contributed by atoms with Crippen molar-refractivity contribution in [3.63, 3.8) is 0 Å². The minimum absolute atomic E-state index is 0.0120. The molecule has 3 nitrogen and oxygen atoms in total. The molecule has 21 heavy (non-hydrogen) atoms. The molecule has 0 aliphatic carbocycles. The Hall–Kier alpha value is -1.65. The lowest BCUT2D eigenvalue weighted by molar-refractivity contribution is 0.0945. The molecule has 0 spiro atoms. The summed E-state index contributed by atoms with van der Waals surface area (Å²) in [6.45, 7) is 7.00. The third-order valence-electron chi connectivity index (χ3n) is 3.56. The molecule has 0 heterocycles. The molecular formula is C16H24F2N2O. The van der Waals surface area contributed by atoms with Crippen LogP contribution in [0.2, 0.25) is 0 Å². The van der Waals surface area contributed by atoms with Crippen LogP contribution in [0.25, 0.3) is 0 Å². The van der Waals surface area contributed by atoms with E-state index in [4.69, 9.17) is 0 Å². The maximum Gasteiger partial charge on any atom is 0.251 e. The van der Waals surface area contributed by atoms with Crippen LogP contribution in [-0.4, -0.2) is 19.0 Å². The number of hydrogen-bond donors (Lipinski definition) is 2. The number of hydrogen-bond acceptors (Lipinski definition) is 2. The molecule has 0 aromatic heterocycles. The molecule has 5 heteroatoms. The SMILES string of the molecule is CCCNc1c(F)cc(C(=O)NCC(CC)CC)cc1F. The van der Waals surface area contributed by atoms with Gasteiger partial charge in [0, 0.05) is 18.7 Å². The van der Waals surface area contributed by atoms with Crippen molar-refractivity contribution < 1.29 is 13.6 Å². The third-order valence-corrected chi connectivity index (χ3v) is 3.56. The van der Waals surface area contributed by atoms with Crippen LogP contribution >= 0.6 is 0 Å². The van der Waals surface area contributed by atoms with Crippen molar-refractivity contribution in [3.8, 4) is 0 Å². The Kier molecular flexibility index (Phi) is 7.12. The Morgan fingerprint density at radius 3 is 2.19 bits per heavy atom. The molecule has 1 aromatic carbocycles. The zero-order valence-electron chi connectivity index (χ0n) is 12.9. The van der Waals surface area contributed by atoms with Crippen LogP contribution < -0.4 is 10.6 Å². The molecular weight excluding hydrogens is 274 g/mol. The van der Waals surface area contributed by atoms with Crippen LogP contribution in [0.1, 0.15) is 50.4 Å². The number of benzene rings is 1. The van der Waals surface area contributed by atoms with Crippen LogP contribution in [-0.2, 0) is 0 Å². The Morgan fingerprint density at radius 1 is 1.14 bits per heavy atom. The van der Waals surface area contributed by atoms with E-state index in [0.717, 1.165) is 31.4 Å². The Balaban J connectivity index is 2.77. The number of carbonyl (C=O) groups is 1. The van der Waals surface area contributed by atoms with Gasteiger partial charge in [0.15, 0.2) is 0 Å². The van der Waals surface area contributed by atoms with Gasteiger partial charge in [-0.1, -0.05) is 33.6 Å². The smallest absolute Gasteiger partial charge is 0.251 e. The highest BCUT2D eigenvalue weighted by molar-refractivity contribution is 5.94. The van der Waals surface area contributed by atoms with E-state index in [1.807, 2.05) is 20.8 Å². The van der Waals surface area contributed by atoms with Crippen molar-refractivity contribution in [3.05, 3.63) is 29.3 Å². The molecule has 0 radical (unpaired) electrons. The number of nitrogens with one attached hydrogen (secondary N) is 2. The summed E-state index contributed by atoms with van der Waals surface area (Å²) in [6.07, 6.45) is 2.68. The van der Waals surface area contributed by atoms with E-state index in [9.17, 15) is 13.6 Å². The molecule has 1 aromatic rings. The van der Waals surface area contributed by atoms with E-state index in [2.05, 4.69) is 10.6 Å². The van der Waals surface area contributed by atoms with E-state index in [1.54, 1.807) is 0 Å². The summed E-state index contributed by atoms with van der Waals surface area (Å²) in [6, 6.07) is 2.15. The van der Waals surface area contributed by atoms with Crippen molar-refractivity contribution in [1.82, 2.24) is 5.32 Å². The van der Waals surface area contributed by atoms with Gasteiger partial charge >= 0.3 is 0 Å². The number of anilines is 1. The van der Waals surface area contributed by atoms with E-state index in [1.165, 1.54) is 0 Å². The number of carbonyl (C=O) groups excluding carboxylic acids is 1. The maximum atomic E-state index is 13.8. The molecule has 0 fully saturated rings. The van der Waals surface area contributed by atoms with Crippen LogP contribution in [0.15, 0.2) is 12.1 Å². The van der Waals surface area contributed by atoms with Crippen molar-refractivity contribution in [2.24, 2.45) is 5.92 Å². The van der Waals surface area contributed by atoms with Gasteiger partial charge in [-0.25, -0.2) is 8.78 Å². The lowest BCUT2D eigenvalue weighted by Crippen LogP contribution is -2.29. The molecule has 118 valence electrons. The molecule has 0 aliphatic rings. The fourth-order valence-electron chi connectivity index (χ4n) is 2.04. The van der Waals surface area contributed by atoms with Crippen LogP contribution in [0, 0.1) is 17.6 Å². The number of halogens is 2. The number of rotatable bonds is 8. The molecule has 2 N–H and O–H groups in total. The van der Waals surface area contributed by atoms with Gasteiger partial charge < -0.3 is 10.6 Å². The lowest BCUT2D eigenvalue weighted by atomic mass is 10.0. The van der Waals surface area contributed by atoms with Crippen LogP contribution in [0.3, 0.4) is 0 Å². The first-order valence-electron chi connectivity index (χ1n) is 7.54. The molecule has 0 unspecified atom stereocenters. The summed E-state index contributed by atoms with van der Waals surface area (Å²) in [5.41, 5.74) is -0.161. The average Bonchev–Trinajstić information content (AvgIpc) is 2.47. The molecule has 0 atom stereocenters. The monoisotopic (exact) mass is 298 g/mol. The summed E-state index contributed by atoms with van der Waals surface area (Å²) < 4.78 is 27.7. The van der Waals surface area contributed by atoms with Crippen molar-refractivity contribution in [2.75, 3.05) is 18.4 Å². The molecule has 0 aliphatic heterocycles. The fraction of sp³-hybridized carbons (Fsp3) is 0.562. The lowest BCUT2D eigenvalue weighted by Gasteiger charge is -2.14. The minimum Gasteiger partial charge on any atom is -0.380 e. The molecule has 1 amide bonds. The maximum absolute atomic E-state index is 13.8. The van der Waals surface area contributed by atoms with E-state index >= 15 is 0 Å². The minimum atomic E-state index is -0.740. The normalized spacial score (nSPS) is 10.8. The first kappa shape index (κ1) is 17.4. The Labute approximate surface area is 125 Å². The van der Waals surface area contributed by atoms with E-state index in [0.29, 0.717) is 19.0 Å². The van der Waals surface area contributed by atoms with Gasteiger partial charge in [0.2, 0.25) is 0 Å². The van der Waals surface area contributed by atoms with Crippen molar-refractivity contribution >= 4 is 11.6 Å². The van der Waals surface area contributed by atoms with Gasteiger partial charge in [0.1, 0.15) is 17.3 Å². The zero-order valence-corrected chi connectivity index (χ0v) is 12.9. The number of amides is 1. The second-order valence-corrected chi connectivity index (χ2v) is 5.13. The van der Waals surface area contributed by atoms with Gasteiger partial charge in [-0.3, -0.25) is 4.79 Å². The quantitative estimate of drug-likeness (QED) is 0.763. The molecule has 0 saturated heterocycles.